The number of aromatic nitrogens is 2. The quantitative estimate of drug-likeness (QED) is 0.221. The van der Waals surface area contributed by atoms with Gasteiger partial charge in [0.25, 0.3) is 5.69 Å². The van der Waals surface area contributed by atoms with Crippen LogP contribution in [0.3, 0.4) is 0 Å². The van der Waals surface area contributed by atoms with E-state index in [2.05, 4.69) is 43.0 Å². The van der Waals surface area contributed by atoms with Crippen LogP contribution in [-0.2, 0) is 11.3 Å². The molecule has 0 saturated carbocycles. The molecule has 1 aromatic heterocycles. The van der Waals surface area contributed by atoms with Gasteiger partial charge in [-0.05, 0) is 37.6 Å². The molecule has 2 aromatic carbocycles. The molecule has 0 unspecified atom stereocenters. The van der Waals surface area contributed by atoms with E-state index >= 15 is 0 Å². The minimum atomic E-state index is -0.385. The van der Waals surface area contributed by atoms with Crippen molar-refractivity contribution in [2.24, 2.45) is 0 Å². The smallest absolute Gasteiger partial charge is 0.293 e. The van der Waals surface area contributed by atoms with Gasteiger partial charge in [0, 0.05) is 49.9 Å². The van der Waals surface area contributed by atoms with Gasteiger partial charge in [0.05, 0.1) is 23.7 Å². The number of hydrogen-bond donors (Lipinski definition) is 3. The van der Waals surface area contributed by atoms with Crippen LogP contribution in [0.2, 0.25) is 0 Å². The highest BCUT2D eigenvalue weighted by atomic mass is 16.6. The zero-order chi connectivity index (χ0) is 23.8. The van der Waals surface area contributed by atoms with Crippen molar-refractivity contribution in [2.75, 3.05) is 61.9 Å². The molecule has 3 N–H and O–H groups in total. The van der Waals surface area contributed by atoms with E-state index < -0.39 is 0 Å². The predicted molar refractivity (Wildman–Crippen MR) is 134 cm³/mol. The van der Waals surface area contributed by atoms with Gasteiger partial charge >= 0.3 is 0 Å². The zero-order valence-electron chi connectivity index (χ0n) is 19.4. The Morgan fingerprint density at radius 3 is 2.71 bits per heavy atom. The Bertz CT molecular complexity index is 1120. The van der Waals surface area contributed by atoms with Crippen molar-refractivity contribution >= 4 is 33.8 Å². The minimum absolute atomic E-state index is 0.00883. The van der Waals surface area contributed by atoms with Crippen LogP contribution in [0.25, 0.3) is 10.9 Å². The third-order valence-corrected chi connectivity index (χ3v) is 5.85. The average Bonchev–Trinajstić information content (AvgIpc) is 2.86. The molecule has 180 valence electrons. The molecule has 1 aliphatic rings. The summed E-state index contributed by atoms with van der Waals surface area (Å²) in [7, 11) is 0. The molecule has 0 atom stereocenters. The molecule has 2 heterocycles. The molecule has 3 aromatic rings. The molecule has 1 aliphatic heterocycles. The third kappa shape index (κ3) is 5.89. The van der Waals surface area contributed by atoms with Crippen molar-refractivity contribution < 1.29 is 9.66 Å². The van der Waals surface area contributed by atoms with Gasteiger partial charge in [-0.2, -0.15) is 0 Å². The van der Waals surface area contributed by atoms with Gasteiger partial charge in [-0.1, -0.05) is 18.2 Å². The topological polar surface area (TPSA) is 117 Å². The normalized spacial score (nSPS) is 14.1. The minimum Gasteiger partial charge on any atom is -0.385 e. The van der Waals surface area contributed by atoms with Gasteiger partial charge < -0.3 is 20.7 Å². The second-order valence-corrected chi connectivity index (χ2v) is 8.14. The van der Waals surface area contributed by atoms with Gasteiger partial charge in [-0.25, -0.2) is 9.97 Å². The first kappa shape index (κ1) is 23.7. The fourth-order valence-corrected chi connectivity index (χ4v) is 4.09. The molecule has 34 heavy (non-hydrogen) atoms. The fourth-order valence-electron chi connectivity index (χ4n) is 4.09. The van der Waals surface area contributed by atoms with E-state index in [1.54, 1.807) is 6.07 Å². The van der Waals surface area contributed by atoms with Gasteiger partial charge in [-0.3, -0.25) is 15.0 Å². The summed E-state index contributed by atoms with van der Waals surface area (Å²) in [6.07, 6.45) is 2.53. The highest BCUT2D eigenvalue weighted by Gasteiger charge is 2.17. The van der Waals surface area contributed by atoms with E-state index in [0.29, 0.717) is 35.5 Å². The molecule has 4 rings (SSSR count). The summed E-state index contributed by atoms with van der Waals surface area (Å²) in [5.74, 6) is 0.568. The lowest BCUT2D eigenvalue weighted by Crippen LogP contribution is -2.37. The first-order valence-corrected chi connectivity index (χ1v) is 11.7. The van der Waals surface area contributed by atoms with Crippen LogP contribution in [0.5, 0.6) is 0 Å². The van der Waals surface area contributed by atoms with Gasteiger partial charge in [-0.15, -0.1) is 0 Å². The van der Waals surface area contributed by atoms with Crippen LogP contribution in [0.4, 0.5) is 22.9 Å². The van der Waals surface area contributed by atoms with Gasteiger partial charge in [0.1, 0.15) is 17.8 Å². The molecule has 0 aliphatic carbocycles. The van der Waals surface area contributed by atoms with Crippen molar-refractivity contribution in [3.8, 4) is 0 Å². The molecule has 1 fully saturated rings. The number of hydrogen-bond acceptors (Lipinski definition) is 9. The largest absolute Gasteiger partial charge is 0.385 e. The van der Waals surface area contributed by atoms with Crippen molar-refractivity contribution in [3.05, 3.63) is 58.4 Å². The summed E-state index contributed by atoms with van der Waals surface area (Å²) >= 11 is 0. The van der Waals surface area contributed by atoms with Gasteiger partial charge in [0.2, 0.25) is 0 Å². The van der Waals surface area contributed by atoms with E-state index in [1.165, 1.54) is 12.4 Å². The predicted octanol–water partition coefficient (Wildman–Crippen LogP) is 3.72. The average molecular weight is 466 g/mol. The number of benzene rings is 2. The molecule has 10 heteroatoms. The molecule has 0 bridgehead atoms. The van der Waals surface area contributed by atoms with Crippen molar-refractivity contribution in [1.29, 1.82) is 0 Å². The number of nitrogens with one attached hydrogen (secondary N) is 3. The number of fused-ring (bicyclic) bond motifs is 1. The molecule has 1 saturated heterocycles. The third-order valence-electron chi connectivity index (χ3n) is 5.85. The number of morpholine rings is 1. The number of nitro benzene ring substituents is 1. The Balaban J connectivity index is 1.43. The summed E-state index contributed by atoms with van der Waals surface area (Å²) in [4.78, 5) is 22.3. The molecule has 10 nitrogen and oxygen atoms in total. The molecule has 0 spiro atoms. The van der Waals surface area contributed by atoms with Crippen molar-refractivity contribution in [1.82, 2.24) is 14.9 Å². The van der Waals surface area contributed by atoms with E-state index in [1.807, 2.05) is 19.1 Å². The number of para-hydroxylation sites is 1. The number of nitrogens with zero attached hydrogens (tertiary/aromatic N) is 4. The van der Waals surface area contributed by atoms with Crippen LogP contribution in [0, 0.1) is 10.1 Å². The molecule has 0 radical (unpaired) electrons. The maximum atomic E-state index is 11.6. The monoisotopic (exact) mass is 465 g/mol. The summed E-state index contributed by atoms with van der Waals surface area (Å²) < 4.78 is 5.41. The van der Waals surface area contributed by atoms with Crippen molar-refractivity contribution in [3.63, 3.8) is 0 Å². The fraction of sp³-hybridized carbons (Fsp3) is 0.417. The van der Waals surface area contributed by atoms with E-state index in [-0.39, 0.29) is 10.6 Å². The Labute approximate surface area is 198 Å². The highest BCUT2D eigenvalue weighted by molar-refractivity contribution is 5.94. The number of nitro groups is 1. The summed E-state index contributed by atoms with van der Waals surface area (Å²) in [6.45, 7) is 8.58. The Kier molecular flexibility index (Phi) is 8.05. The lowest BCUT2D eigenvalue weighted by atomic mass is 10.1. The van der Waals surface area contributed by atoms with E-state index in [0.717, 1.165) is 57.1 Å². The first-order valence-electron chi connectivity index (χ1n) is 11.7. The number of ether oxygens (including phenoxy) is 1. The Morgan fingerprint density at radius 1 is 1.09 bits per heavy atom. The highest BCUT2D eigenvalue weighted by Crippen LogP contribution is 2.32. The van der Waals surface area contributed by atoms with Gasteiger partial charge in [0.15, 0.2) is 0 Å². The Hall–Kier alpha value is -3.50. The SMILES string of the molecule is CCNc1cc2ncnc(NCc3ccccc3NCCCN3CCOCC3)c2cc1[N+](=O)[O-]. The number of rotatable bonds is 11. The van der Waals surface area contributed by atoms with Crippen LogP contribution >= 0.6 is 0 Å². The maximum absolute atomic E-state index is 11.6. The van der Waals surface area contributed by atoms with Crippen LogP contribution in [-0.4, -0.2) is 65.7 Å². The lowest BCUT2D eigenvalue weighted by Gasteiger charge is -2.26. The number of anilines is 3. The standard InChI is InChI=1S/C24H31N7O3/c1-2-25-22-15-21-19(14-23(22)31(32)33)24(29-17-28-21)27-16-18-6-3-4-7-20(18)26-8-5-9-30-10-12-34-13-11-30/h3-4,6-7,14-15,17,25-26H,2,5,8-13,16H2,1H3,(H,27,28,29). The van der Waals surface area contributed by atoms with Crippen molar-refractivity contribution in [2.45, 2.75) is 19.9 Å². The van der Waals surface area contributed by atoms with E-state index in [9.17, 15) is 10.1 Å². The summed E-state index contributed by atoms with van der Waals surface area (Å²) in [5, 5.41) is 22.1. The molecular weight excluding hydrogens is 434 g/mol. The summed E-state index contributed by atoms with van der Waals surface area (Å²) in [5.41, 5.74) is 3.27. The van der Waals surface area contributed by atoms with Crippen LogP contribution in [0.15, 0.2) is 42.7 Å². The second-order valence-electron chi connectivity index (χ2n) is 8.14. The molecule has 0 amide bonds. The summed E-state index contributed by atoms with van der Waals surface area (Å²) in [6, 6.07) is 11.4. The zero-order valence-corrected chi connectivity index (χ0v) is 19.4. The second kappa shape index (κ2) is 11.6. The first-order chi connectivity index (χ1) is 16.7. The molecular formula is C24H31N7O3. The van der Waals surface area contributed by atoms with Crippen LogP contribution in [0.1, 0.15) is 18.9 Å². The maximum Gasteiger partial charge on any atom is 0.293 e. The van der Waals surface area contributed by atoms with E-state index in [4.69, 9.17) is 4.74 Å². The Morgan fingerprint density at radius 2 is 1.91 bits per heavy atom. The van der Waals surface area contributed by atoms with Crippen LogP contribution < -0.4 is 16.0 Å². The lowest BCUT2D eigenvalue weighted by molar-refractivity contribution is -0.383.